The summed E-state index contributed by atoms with van der Waals surface area (Å²) in [4.78, 5) is 45.1. The van der Waals surface area contributed by atoms with E-state index in [0.717, 1.165) is 22.4 Å². The number of anilines is 1. The van der Waals surface area contributed by atoms with Crippen LogP contribution < -0.4 is 31.3 Å². The SMILES string of the molecule is CNc1cn(C[C@@H]2NC(=O)[C@@H](C(C)C)NC(=O)[C@@H](Cc3cccc(C)c3)NCCOc3ccccc3CCCNC2=O)cn1. The summed E-state index contributed by atoms with van der Waals surface area (Å²) in [6.45, 7) is 7.17. The highest BCUT2D eigenvalue weighted by Gasteiger charge is 2.31. The number of benzene rings is 2. The number of hydrogen-bond donors (Lipinski definition) is 5. The van der Waals surface area contributed by atoms with Crippen LogP contribution in [0.5, 0.6) is 5.75 Å². The zero-order valence-corrected chi connectivity index (χ0v) is 26.1. The van der Waals surface area contributed by atoms with Crippen molar-refractivity contribution in [2.24, 2.45) is 5.92 Å². The van der Waals surface area contributed by atoms with Gasteiger partial charge in [0.15, 0.2) is 0 Å². The van der Waals surface area contributed by atoms with Gasteiger partial charge >= 0.3 is 0 Å². The fourth-order valence-corrected chi connectivity index (χ4v) is 5.24. The van der Waals surface area contributed by atoms with Crippen molar-refractivity contribution in [3.05, 3.63) is 77.7 Å². The van der Waals surface area contributed by atoms with E-state index in [-0.39, 0.29) is 24.3 Å². The smallest absolute Gasteiger partial charge is 0.244 e. The lowest BCUT2D eigenvalue weighted by Crippen LogP contribution is -2.59. The van der Waals surface area contributed by atoms with Crippen LogP contribution in [0.2, 0.25) is 0 Å². The van der Waals surface area contributed by atoms with Gasteiger partial charge in [0.2, 0.25) is 17.7 Å². The number of nitrogens with one attached hydrogen (secondary N) is 5. The molecule has 0 bridgehead atoms. The molecule has 5 N–H and O–H groups in total. The fourth-order valence-electron chi connectivity index (χ4n) is 5.24. The third-order valence-corrected chi connectivity index (χ3v) is 7.65. The van der Waals surface area contributed by atoms with Crippen LogP contribution in [0.25, 0.3) is 0 Å². The molecule has 0 radical (unpaired) electrons. The molecule has 1 aliphatic heterocycles. The predicted molar refractivity (Wildman–Crippen MR) is 170 cm³/mol. The Bertz CT molecular complexity index is 1410. The number of carbonyl (C=O) groups excluding carboxylic acids is 3. The van der Waals surface area contributed by atoms with Gasteiger partial charge in [-0.25, -0.2) is 4.98 Å². The first-order chi connectivity index (χ1) is 21.2. The van der Waals surface area contributed by atoms with Crippen molar-refractivity contribution < 1.29 is 19.1 Å². The number of para-hydroxylation sites is 1. The van der Waals surface area contributed by atoms with E-state index in [1.54, 1.807) is 24.1 Å². The monoisotopic (exact) mass is 603 g/mol. The molecule has 0 unspecified atom stereocenters. The molecule has 2 aromatic carbocycles. The predicted octanol–water partition coefficient (Wildman–Crippen LogP) is 2.20. The molecule has 0 saturated heterocycles. The molecule has 44 heavy (non-hydrogen) atoms. The Kier molecular flexibility index (Phi) is 11.8. The van der Waals surface area contributed by atoms with Crippen LogP contribution in [-0.4, -0.2) is 72.1 Å². The Morgan fingerprint density at radius 3 is 2.57 bits per heavy atom. The number of amides is 3. The highest BCUT2D eigenvalue weighted by molar-refractivity contribution is 5.93. The first kappa shape index (κ1) is 32.5. The van der Waals surface area contributed by atoms with E-state index < -0.39 is 24.0 Å². The maximum atomic E-state index is 13.7. The first-order valence-corrected chi connectivity index (χ1v) is 15.3. The molecule has 11 nitrogen and oxygen atoms in total. The van der Waals surface area contributed by atoms with Crippen molar-refractivity contribution in [2.45, 2.75) is 64.7 Å². The Labute approximate surface area is 259 Å². The van der Waals surface area contributed by atoms with Crippen LogP contribution in [0.1, 0.15) is 37.0 Å². The standard InChI is InChI=1S/C33H45N7O4/c1-22(2)30-33(43)38-27(19-40-20-29(34-4)37-21-40)31(41)36-14-8-12-25-11-5-6-13-28(25)44-16-15-35-26(32(42)39-30)18-24-10-7-9-23(3)17-24/h5-7,9-11,13,17,20-22,26-27,30,34-35H,8,12,14-16,18-19H2,1-4H3,(H,36,41)(H,38,43)(H,39,42)/t26-,27+,30-/m1/s1. The van der Waals surface area contributed by atoms with Crippen molar-refractivity contribution in [3.63, 3.8) is 0 Å². The van der Waals surface area contributed by atoms with Gasteiger partial charge in [0.05, 0.1) is 18.9 Å². The average molecular weight is 604 g/mol. The van der Waals surface area contributed by atoms with E-state index in [2.05, 4.69) is 37.6 Å². The van der Waals surface area contributed by atoms with Gasteiger partial charge in [0.1, 0.15) is 30.3 Å². The Balaban J connectivity index is 1.60. The molecule has 0 spiro atoms. The zero-order valence-electron chi connectivity index (χ0n) is 26.1. The Morgan fingerprint density at radius 2 is 1.82 bits per heavy atom. The third kappa shape index (κ3) is 9.31. The van der Waals surface area contributed by atoms with Gasteiger partial charge in [-0.1, -0.05) is 61.9 Å². The normalized spacial score (nSPS) is 20.8. The number of nitrogens with zero attached hydrogens (tertiary/aromatic N) is 2. The maximum absolute atomic E-state index is 13.7. The van der Waals surface area contributed by atoms with Crippen LogP contribution in [-0.2, 0) is 33.8 Å². The van der Waals surface area contributed by atoms with Crippen LogP contribution in [0.15, 0.2) is 61.1 Å². The summed E-state index contributed by atoms with van der Waals surface area (Å²) in [6, 6.07) is 13.6. The van der Waals surface area contributed by atoms with Gasteiger partial charge in [-0.05, 0) is 49.3 Å². The molecule has 2 heterocycles. The molecule has 4 rings (SSSR count). The van der Waals surface area contributed by atoms with E-state index in [1.165, 1.54) is 0 Å². The minimum atomic E-state index is -0.879. The molecule has 1 aliphatic rings. The molecule has 1 aromatic heterocycles. The Morgan fingerprint density at radius 1 is 1.00 bits per heavy atom. The van der Waals surface area contributed by atoms with Crippen molar-refractivity contribution in [3.8, 4) is 5.75 Å². The number of imidazole rings is 1. The molecule has 3 atom stereocenters. The summed E-state index contributed by atoms with van der Waals surface area (Å²) in [5.41, 5.74) is 3.15. The van der Waals surface area contributed by atoms with Gasteiger partial charge in [0.25, 0.3) is 0 Å². The topological polar surface area (TPSA) is 138 Å². The second kappa shape index (κ2) is 15.9. The zero-order chi connectivity index (χ0) is 31.5. The summed E-state index contributed by atoms with van der Waals surface area (Å²) in [7, 11) is 1.76. The lowest BCUT2D eigenvalue weighted by atomic mass is 10.00. The maximum Gasteiger partial charge on any atom is 0.244 e. The number of aromatic nitrogens is 2. The van der Waals surface area contributed by atoms with E-state index in [9.17, 15) is 14.4 Å². The highest BCUT2D eigenvalue weighted by atomic mass is 16.5. The molecular weight excluding hydrogens is 558 g/mol. The number of hydrogen-bond acceptors (Lipinski definition) is 7. The molecular formula is C33H45N7O4. The average Bonchev–Trinajstić information content (AvgIpc) is 3.46. The van der Waals surface area contributed by atoms with Crippen molar-refractivity contribution >= 4 is 23.5 Å². The largest absolute Gasteiger partial charge is 0.492 e. The molecule has 3 amide bonds. The summed E-state index contributed by atoms with van der Waals surface area (Å²) >= 11 is 0. The quantitative estimate of drug-likeness (QED) is 0.291. The highest BCUT2D eigenvalue weighted by Crippen LogP contribution is 2.19. The minimum Gasteiger partial charge on any atom is -0.492 e. The summed E-state index contributed by atoms with van der Waals surface area (Å²) < 4.78 is 7.87. The summed E-state index contributed by atoms with van der Waals surface area (Å²) in [6.07, 6.45) is 5.23. The van der Waals surface area contributed by atoms with E-state index in [0.29, 0.717) is 44.8 Å². The van der Waals surface area contributed by atoms with Crippen LogP contribution >= 0.6 is 0 Å². The van der Waals surface area contributed by atoms with Gasteiger partial charge < -0.3 is 35.9 Å². The Hall–Kier alpha value is -4.38. The molecule has 11 heteroatoms. The summed E-state index contributed by atoms with van der Waals surface area (Å²) in [5.74, 6) is 0.184. The molecule has 0 saturated carbocycles. The van der Waals surface area contributed by atoms with E-state index in [1.807, 2.05) is 63.2 Å². The summed E-state index contributed by atoms with van der Waals surface area (Å²) in [5, 5.41) is 15.2. The third-order valence-electron chi connectivity index (χ3n) is 7.65. The molecule has 0 aliphatic carbocycles. The first-order valence-electron chi connectivity index (χ1n) is 15.3. The van der Waals surface area contributed by atoms with Crippen molar-refractivity contribution in [1.29, 1.82) is 0 Å². The molecule has 3 aromatic rings. The molecule has 0 fully saturated rings. The van der Waals surface area contributed by atoms with Gasteiger partial charge in [-0.2, -0.15) is 0 Å². The second-order valence-corrected chi connectivity index (χ2v) is 11.5. The second-order valence-electron chi connectivity index (χ2n) is 11.5. The molecule has 236 valence electrons. The van der Waals surface area contributed by atoms with Crippen LogP contribution in [0.4, 0.5) is 5.82 Å². The van der Waals surface area contributed by atoms with E-state index in [4.69, 9.17) is 4.74 Å². The number of rotatable bonds is 6. The number of fused-ring (bicyclic) bond motifs is 1. The number of ether oxygens (including phenoxy) is 1. The number of aryl methyl sites for hydroxylation is 2. The van der Waals surface area contributed by atoms with Crippen molar-refractivity contribution in [2.75, 3.05) is 32.1 Å². The van der Waals surface area contributed by atoms with Crippen LogP contribution in [0.3, 0.4) is 0 Å². The lowest BCUT2D eigenvalue weighted by molar-refractivity contribution is -0.133. The van der Waals surface area contributed by atoms with Gasteiger partial charge in [0, 0.05) is 26.3 Å². The van der Waals surface area contributed by atoms with Crippen molar-refractivity contribution in [1.82, 2.24) is 30.8 Å². The van der Waals surface area contributed by atoms with Gasteiger partial charge in [-0.15, -0.1) is 0 Å². The van der Waals surface area contributed by atoms with Crippen LogP contribution in [0, 0.1) is 12.8 Å². The van der Waals surface area contributed by atoms with E-state index >= 15 is 0 Å². The van der Waals surface area contributed by atoms with Gasteiger partial charge in [-0.3, -0.25) is 14.4 Å². The minimum absolute atomic E-state index is 0.180. The fraction of sp³-hybridized carbons (Fsp3) is 0.455. The lowest BCUT2D eigenvalue weighted by Gasteiger charge is -2.28. The number of carbonyl (C=O) groups is 3.